The first-order valence-corrected chi connectivity index (χ1v) is 3.26. The third kappa shape index (κ3) is 4.17. The highest BCUT2D eigenvalue weighted by atomic mass is 19.4. The Bertz CT molecular complexity index is 167. The topological polar surface area (TPSA) is 46.3 Å². The van der Waals surface area contributed by atoms with Crippen molar-refractivity contribution in [1.29, 1.82) is 0 Å². The molecule has 0 saturated heterocycles. The van der Waals surface area contributed by atoms with Gasteiger partial charge in [-0.1, -0.05) is 0 Å². The zero-order chi connectivity index (χ0) is 9.94. The first-order chi connectivity index (χ1) is 5.24. The third-order valence-corrected chi connectivity index (χ3v) is 1.38. The standard InChI is InChI=1S/C6H11F3N2O/c1-11(2)4(5(10)12)3-6(7,8)9/h4H,3H2,1-2H3,(H2,10,12)/t4-/m1/s1. The van der Waals surface area contributed by atoms with Crippen LogP contribution in [0.1, 0.15) is 6.42 Å². The van der Waals surface area contributed by atoms with Gasteiger partial charge in [0.15, 0.2) is 0 Å². The van der Waals surface area contributed by atoms with Crippen LogP contribution < -0.4 is 5.73 Å². The lowest BCUT2D eigenvalue weighted by Gasteiger charge is -2.21. The van der Waals surface area contributed by atoms with Gasteiger partial charge in [0.05, 0.1) is 12.5 Å². The summed E-state index contributed by atoms with van der Waals surface area (Å²) < 4.78 is 35.4. The lowest BCUT2D eigenvalue weighted by Crippen LogP contribution is -2.43. The summed E-state index contributed by atoms with van der Waals surface area (Å²) in [5.41, 5.74) is 4.76. The zero-order valence-electron chi connectivity index (χ0n) is 6.85. The molecule has 0 radical (unpaired) electrons. The quantitative estimate of drug-likeness (QED) is 0.688. The minimum atomic E-state index is -4.36. The molecule has 0 aliphatic heterocycles. The van der Waals surface area contributed by atoms with Gasteiger partial charge >= 0.3 is 6.18 Å². The van der Waals surface area contributed by atoms with Crippen molar-refractivity contribution in [3.63, 3.8) is 0 Å². The highest BCUT2D eigenvalue weighted by Gasteiger charge is 2.35. The Morgan fingerprint density at radius 1 is 1.50 bits per heavy atom. The van der Waals surface area contributed by atoms with Gasteiger partial charge in [0.2, 0.25) is 5.91 Å². The minimum absolute atomic E-state index is 0.961. The fourth-order valence-corrected chi connectivity index (χ4v) is 0.757. The SMILES string of the molecule is CN(C)[C@H](CC(F)(F)F)C(N)=O. The van der Waals surface area contributed by atoms with Gasteiger partial charge in [-0.05, 0) is 14.1 Å². The minimum Gasteiger partial charge on any atom is -0.368 e. The molecule has 6 heteroatoms. The van der Waals surface area contributed by atoms with E-state index in [2.05, 4.69) is 0 Å². The number of hydrogen-bond acceptors (Lipinski definition) is 2. The van der Waals surface area contributed by atoms with Gasteiger partial charge in [0.1, 0.15) is 0 Å². The van der Waals surface area contributed by atoms with E-state index in [1.165, 1.54) is 14.1 Å². The fourth-order valence-electron chi connectivity index (χ4n) is 0.757. The van der Waals surface area contributed by atoms with Crippen LogP contribution in [-0.4, -0.2) is 37.1 Å². The maximum atomic E-state index is 11.8. The van der Waals surface area contributed by atoms with Gasteiger partial charge in [0.25, 0.3) is 0 Å². The molecule has 0 spiro atoms. The summed E-state index contributed by atoms with van der Waals surface area (Å²) in [5, 5.41) is 0. The summed E-state index contributed by atoms with van der Waals surface area (Å²) in [6.07, 6.45) is -5.56. The largest absolute Gasteiger partial charge is 0.391 e. The number of nitrogens with two attached hydrogens (primary N) is 1. The van der Waals surface area contributed by atoms with E-state index in [0.29, 0.717) is 0 Å². The normalized spacial score (nSPS) is 14.8. The number of carbonyl (C=O) groups is 1. The number of nitrogens with zero attached hydrogens (tertiary/aromatic N) is 1. The second-order valence-electron chi connectivity index (χ2n) is 2.70. The molecule has 2 N–H and O–H groups in total. The van der Waals surface area contributed by atoms with E-state index in [9.17, 15) is 18.0 Å². The Hall–Kier alpha value is -0.780. The fraction of sp³-hybridized carbons (Fsp3) is 0.833. The van der Waals surface area contributed by atoms with Crippen molar-refractivity contribution in [3.05, 3.63) is 0 Å². The number of carbonyl (C=O) groups excluding carboxylic acids is 1. The third-order valence-electron chi connectivity index (χ3n) is 1.38. The maximum Gasteiger partial charge on any atom is 0.391 e. The highest BCUT2D eigenvalue weighted by molar-refractivity contribution is 5.79. The molecule has 0 rings (SSSR count). The van der Waals surface area contributed by atoms with Crippen LogP contribution in [0.4, 0.5) is 13.2 Å². The molecule has 0 aromatic rings. The predicted molar refractivity (Wildman–Crippen MR) is 37.3 cm³/mol. The van der Waals surface area contributed by atoms with Crippen molar-refractivity contribution in [3.8, 4) is 0 Å². The van der Waals surface area contributed by atoms with Crippen LogP contribution in [0, 0.1) is 0 Å². The molecule has 0 aliphatic carbocycles. The smallest absolute Gasteiger partial charge is 0.368 e. The van der Waals surface area contributed by atoms with Crippen LogP contribution in [0.2, 0.25) is 0 Å². The van der Waals surface area contributed by atoms with E-state index in [4.69, 9.17) is 5.73 Å². The monoisotopic (exact) mass is 184 g/mol. The van der Waals surface area contributed by atoms with E-state index in [-0.39, 0.29) is 0 Å². The second kappa shape index (κ2) is 3.75. The zero-order valence-corrected chi connectivity index (χ0v) is 6.85. The Labute approximate surface area is 68.3 Å². The van der Waals surface area contributed by atoms with Crippen LogP contribution in [0.3, 0.4) is 0 Å². The lowest BCUT2D eigenvalue weighted by atomic mass is 10.2. The molecule has 0 heterocycles. The van der Waals surface area contributed by atoms with Crippen molar-refractivity contribution in [2.75, 3.05) is 14.1 Å². The number of likely N-dealkylation sites (N-methyl/N-ethyl adjacent to an activating group) is 1. The molecule has 0 aromatic heterocycles. The summed E-state index contributed by atoms with van der Waals surface area (Å²) in [7, 11) is 2.75. The molecule has 1 amide bonds. The molecular weight excluding hydrogens is 173 g/mol. The Morgan fingerprint density at radius 2 is 1.92 bits per heavy atom. The second-order valence-corrected chi connectivity index (χ2v) is 2.70. The van der Waals surface area contributed by atoms with Gasteiger partial charge in [-0.3, -0.25) is 9.69 Å². The number of halogens is 3. The Morgan fingerprint density at radius 3 is 2.00 bits per heavy atom. The first-order valence-electron chi connectivity index (χ1n) is 3.26. The molecule has 12 heavy (non-hydrogen) atoms. The van der Waals surface area contributed by atoms with Gasteiger partial charge in [-0.15, -0.1) is 0 Å². The summed E-state index contributed by atoms with van der Waals surface area (Å²) >= 11 is 0. The van der Waals surface area contributed by atoms with E-state index in [0.717, 1.165) is 4.90 Å². The van der Waals surface area contributed by atoms with E-state index in [1.54, 1.807) is 0 Å². The van der Waals surface area contributed by atoms with E-state index >= 15 is 0 Å². The molecule has 0 unspecified atom stereocenters. The van der Waals surface area contributed by atoms with Crippen molar-refractivity contribution >= 4 is 5.91 Å². The number of hydrogen-bond donors (Lipinski definition) is 1. The van der Waals surface area contributed by atoms with Crippen LogP contribution in [0.5, 0.6) is 0 Å². The van der Waals surface area contributed by atoms with E-state index < -0.39 is 24.5 Å². The predicted octanol–water partition coefficient (Wildman–Crippen LogP) is 0.354. The number of amides is 1. The number of primary amides is 1. The van der Waals surface area contributed by atoms with Crippen LogP contribution in [0.25, 0.3) is 0 Å². The Kier molecular flexibility index (Phi) is 3.51. The van der Waals surface area contributed by atoms with Crippen LogP contribution >= 0.6 is 0 Å². The molecule has 0 aromatic carbocycles. The number of alkyl halides is 3. The lowest BCUT2D eigenvalue weighted by molar-refractivity contribution is -0.153. The molecule has 0 saturated carbocycles. The van der Waals surface area contributed by atoms with Gasteiger partial charge in [-0.2, -0.15) is 13.2 Å². The van der Waals surface area contributed by atoms with Gasteiger partial charge in [-0.25, -0.2) is 0 Å². The molecular formula is C6H11F3N2O. The molecule has 0 aliphatic rings. The van der Waals surface area contributed by atoms with Crippen molar-refractivity contribution in [1.82, 2.24) is 4.90 Å². The van der Waals surface area contributed by atoms with Gasteiger partial charge in [0, 0.05) is 0 Å². The molecule has 3 nitrogen and oxygen atoms in total. The average molecular weight is 184 g/mol. The average Bonchev–Trinajstić information content (AvgIpc) is 1.79. The first kappa shape index (κ1) is 11.2. The maximum absolute atomic E-state index is 11.8. The molecule has 72 valence electrons. The number of rotatable bonds is 3. The summed E-state index contributed by atoms with van der Waals surface area (Å²) in [6, 6.07) is -1.27. The summed E-state index contributed by atoms with van der Waals surface area (Å²) in [5.74, 6) is -0.961. The highest BCUT2D eigenvalue weighted by Crippen LogP contribution is 2.22. The van der Waals surface area contributed by atoms with E-state index in [1.807, 2.05) is 0 Å². The summed E-state index contributed by atoms with van der Waals surface area (Å²) in [6.45, 7) is 0. The van der Waals surface area contributed by atoms with Gasteiger partial charge < -0.3 is 5.73 Å². The Balaban J connectivity index is 4.25. The van der Waals surface area contributed by atoms with Crippen molar-refractivity contribution in [2.24, 2.45) is 5.73 Å². The van der Waals surface area contributed by atoms with Crippen molar-refractivity contribution < 1.29 is 18.0 Å². The molecule has 0 bridgehead atoms. The van der Waals surface area contributed by atoms with Crippen LogP contribution in [-0.2, 0) is 4.79 Å². The molecule has 0 fully saturated rings. The summed E-state index contributed by atoms with van der Waals surface area (Å²) in [4.78, 5) is 11.6. The molecule has 1 atom stereocenters. The van der Waals surface area contributed by atoms with Crippen molar-refractivity contribution in [2.45, 2.75) is 18.6 Å². The van der Waals surface area contributed by atoms with Crippen LogP contribution in [0.15, 0.2) is 0 Å².